The second-order valence-electron chi connectivity index (χ2n) is 10.4. The number of hydrogen-bond donors (Lipinski definition) is 1. The fourth-order valence-corrected chi connectivity index (χ4v) is 4.85. The zero-order valence-corrected chi connectivity index (χ0v) is 22.9. The first-order chi connectivity index (χ1) is 16.2. The van der Waals surface area contributed by atoms with Crippen LogP contribution in [0.1, 0.15) is 181 Å². The van der Waals surface area contributed by atoms with Crippen LogP contribution in [0.2, 0.25) is 0 Å². The normalized spacial score (nSPS) is 11.4. The predicted octanol–water partition coefficient (Wildman–Crippen LogP) is 10.6. The molecule has 0 aliphatic rings. The molecule has 0 saturated carbocycles. The summed E-state index contributed by atoms with van der Waals surface area (Å²) in [6.07, 6.45) is 34.0. The van der Waals surface area contributed by atoms with Crippen LogP contribution in [-0.2, 0) is 4.74 Å². The molecule has 0 atom stereocenters. The minimum atomic E-state index is -0.599. The van der Waals surface area contributed by atoms with Crippen molar-refractivity contribution in [2.45, 2.75) is 187 Å². The van der Waals surface area contributed by atoms with Gasteiger partial charge in [0.2, 0.25) is 0 Å². The molecule has 0 rings (SSSR count). The number of carbonyl (C=O) groups is 1. The molecule has 2 N–H and O–H groups in total. The maximum atomic E-state index is 11.2. The first kappa shape index (κ1) is 32.3. The summed E-state index contributed by atoms with van der Waals surface area (Å²) in [5.74, 6) is 0. The van der Waals surface area contributed by atoms with Gasteiger partial charge in [-0.15, -0.1) is 0 Å². The van der Waals surface area contributed by atoms with E-state index in [1.807, 2.05) is 0 Å². The third-order valence-corrected chi connectivity index (χ3v) is 7.04. The highest BCUT2D eigenvalue weighted by Crippen LogP contribution is 2.18. The Morgan fingerprint density at radius 1 is 0.485 bits per heavy atom. The maximum Gasteiger partial charge on any atom is 0.404 e. The van der Waals surface area contributed by atoms with Crippen molar-refractivity contribution < 1.29 is 9.53 Å². The highest BCUT2D eigenvalue weighted by molar-refractivity contribution is 5.64. The van der Waals surface area contributed by atoms with E-state index in [4.69, 9.17) is 10.5 Å². The molecule has 0 aromatic rings. The molecular formula is C30H61NO2. The summed E-state index contributed by atoms with van der Waals surface area (Å²) in [6.45, 7) is 4.56. The molecule has 0 aromatic heterocycles. The van der Waals surface area contributed by atoms with Crippen LogP contribution in [0.15, 0.2) is 0 Å². The lowest BCUT2D eigenvalue weighted by atomic mass is 10.0. The van der Waals surface area contributed by atoms with E-state index in [1.54, 1.807) is 0 Å². The Kier molecular flexibility index (Phi) is 26.9. The van der Waals surface area contributed by atoms with Gasteiger partial charge in [0.1, 0.15) is 6.10 Å². The van der Waals surface area contributed by atoms with Crippen molar-refractivity contribution in [3.63, 3.8) is 0 Å². The number of unbranched alkanes of at least 4 members (excludes halogenated alkanes) is 22. The predicted molar refractivity (Wildman–Crippen MR) is 146 cm³/mol. The van der Waals surface area contributed by atoms with Crippen molar-refractivity contribution in [2.24, 2.45) is 5.73 Å². The van der Waals surface area contributed by atoms with Gasteiger partial charge in [-0.2, -0.15) is 0 Å². The third-order valence-electron chi connectivity index (χ3n) is 7.04. The topological polar surface area (TPSA) is 52.3 Å². The summed E-state index contributed by atoms with van der Waals surface area (Å²) < 4.78 is 5.39. The van der Waals surface area contributed by atoms with Gasteiger partial charge >= 0.3 is 6.09 Å². The number of nitrogens with two attached hydrogens (primary N) is 1. The van der Waals surface area contributed by atoms with Crippen LogP contribution in [0, 0.1) is 0 Å². The van der Waals surface area contributed by atoms with Crippen LogP contribution in [0.3, 0.4) is 0 Å². The molecule has 0 aliphatic heterocycles. The maximum absolute atomic E-state index is 11.2. The molecule has 0 bridgehead atoms. The Morgan fingerprint density at radius 2 is 0.727 bits per heavy atom. The van der Waals surface area contributed by atoms with Crippen LogP contribution in [0.4, 0.5) is 4.79 Å². The fourth-order valence-electron chi connectivity index (χ4n) is 4.85. The Bertz CT molecular complexity index is 357. The largest absolute Gasteiger partial charge is 0.446 e. The molecule has 0 radical (unpaired) electrons. The van der Waals surface area contributed by atoms with Crippen LogP contribution >= 0.6 is 0 Å². The van der Waals surface area contributed by atoms with E-state index in [0.717, 1.165) is 25.7 Å². The number of carbonyl (C=O) groups excluding carboxylic acids is 1. The number of hydrogen-bond acceptors (Lipinski definition) is 2. The number of amides is 1. The molecule has 0 aromatic carbocycles. The SMILES string of the molecule is CCCCCCCCCCCCCCC(CCCCCCCCCCCCCC)OC(N)=O. The summed E-state index contributed by atoms with van der Waals surface area (Å²) in [6, 6.07) is 0. The van der Waals surface area contributed by atoms with Crippen molar-refractivity contribution in [1.29, 1.82) is 0 Å². The summed E-state index contributed by atoms with van der Waals surface area (Å²) in [5, 5.41) is 0. The second-order valence-corrected chi connectivity index (χ2v) is 10.4. The summed E-state index contributed by atoms with van der Waals surface area (Å²) in [5.41, 5.74) is 5.31. The lowest BCUT2D eigenvalue weighted by Crippen LogP contribution is -2.22. The standard InChI is InChI=1S/C30H61NO2/c1-3-5-7-9-11-13-15-17-19-21-23-25-27-29(33-30(31)32)28-26-24-22-20-18-16-14-12-10-8-6-4-2/h29H,3-28H2,1-2H3,(H2,31,32). The molecule has 3 heteroatoms. The number of rotatable bonds is 27. The van der Waals surface area contributed by atoms with E-state index in [9.17, 15) is 4.79 Å². The first-order valence-electron chi connectivity index (χ1n) is 15.2. The van der Waals surface area contributed by atoms with Crippen molar-refractivity contribution in [3.8, 4) is 0 Å². The van der Waals surface area contributed by atoms with E-state index >= 15 is 0 Å². The quantitative estimate of drug-likeness (QED) is 0.122. The van der Waals surface area contributed by atoms with E-state index < -0.39 is 6.09 Å². The van der Waals surface area contributed by atoms with Gasteiger partial charge < -0.3 is 10.5 Å². The van der Waals surface area contributed by atoms with E-state index in [1.165, 1.54) is 141 Å². The molecule has 0 spiro atoms. The molecule has 0 heterocycles. The van der Waals surface area contributed by atoms with Crippen molar-refractivity contribution >= 4 is 6.09 Å². The molecule has 0 unspecified atom stereocenters. The molecule has 0 fully saturated rings. The number of ether oxygens (including phenoxy) is 1. The number of primary amides is 1. The van der Waals surface area contributed by atoms with Gasteiger partial charge in [-0.25, -0.2) is 4.79 Å². The highest BCUT2D eigenvalue weighted by atomic mass is 16.6. The molecule has 0 aliphatic carbocycles. The van der Waals surface area contributed by atoms with E-state index in [2.05, 4.69) is 13.8 Å². The van der Waals surface area contributed by atoms with Gasteiger partial charge in [0, 0.05) is 0 Å². The monoisotopic (exact) mass is 467 g/mol. The molecule has 0 saturated heterocycles. The highest BCUT2D eigenvalue weighted by Gasteiger charge is 2.12. The zero-order valence-electron chi connectivity index (χ0n) is 22.9. The van der Waals surface area contributed by atoms with Gasteiger partial charge in [0.15, 0.2) is 0 Å². The lowest BCUT2D eigenvalue weighted by Gasteiger charge is -2.16. The van der Waals surface area contributed by atoms with Crippen LogP contribution in [0.5, 0.6) is 0 Å². The summed E-state index contributed by atoms with van der Waals surface area (Å²) in [4.78, 5) is 11.2. The molecule has 1 amide bonds. The lowest BCUT2D eigenvalue weighted by molar-refractivity contribution is 0.0921. The van der Waals surface area contributed by atoms with E-state index in [0.29, 0.717) is 0 Å². The summed E-state index contributed by atoms with van der Waals surface area (Å²) >= 11 is 0. The molecular weight excluding hydrogens is 406 g/mol. The van der Waals surface area contributed by atoms with Crippen molar-refractivity contribution in [3.05, 3.63) is 0 Å². The van der Waals surface area contributed by atoms with Gasteiger partial charge in [0.05, 0.1) is 0 Å². The van der Waals surface area contributed by atoms with Crippen LogP contribution in [-0.4, -0.2) is 12.2 Å². The fraction of sp³-hybridized carbons (Fsp3) is 0.967. The Balaban J connectivity index is 3.52. The first-order valence-corrected chi connectivity index (χ1v) is 15.2. The Morgan fingerprint density at radius 3 is 0.970 bits per heavy atom. The van der Waals surface area contributed by atoms with Gasteiger partial charge in [-0.1, -0.05) is 155 Å². The minimum Gasteiger partial charge on any atom is -0.446 e. The van der Waals surface area contributed by atoms with Crippen molar-refractivity contribution in [1.82, 2.24) is 0 Å². The molecule has 198 valence electrons. The Labute approximate surface area is 208 Å². The zero-order chi connectivity index (χ0) is 24.2. The smallest absolute Gasteiger partial charge is 0.404 e. The van der Waals surface area contributed by atoms with Gasteiger partial charge in [-0.05, 0) is 25.7 Å². The minimum absolute atomic E-state index is 0.0359. The van der Waals surface area contributed by atoms with Gasteiger partial charge in [-0.3, -0.25) is 0 Å². The Hall–Kier alpha value is -0.730. The third kappa shape index (κ3) is 27.4. The average Bonchev–Trinajstić information content (AvgIpc) is 2.80. The van der Waals surface area contributed by atoms with Crippen LogP contribution < -0.4 is 5.73 Å². The van der Waals surface area contributed by atoms with Crippen LogP contribution in [0.25, 0.3) is 0 Å². The second kappa shape index (κ2) is 27.5. The van der Waals surface area contributed by atoms with Crippen molar-refractivity contribution in [2.75, 3.05) is 0 Å². The molecule has 3 nitrogen and oxygen atoms in total. The average molecular weight is 468 g/mol. The summed E-state index contributed by atoms with van der Waals surface area (Å²) in [7, 11) is 0. The van der Waals surface area contributed by atoms with E-state index in [-0.39, 0.29) is 6.10 Å². The molecule has 33 heavy (non-hydrogen) atoms. The van der Waals surface area contributed by atoms with Gasteiger partial charge in [0.25, 0.3) is 0 Å².